The van der Waals surface area contributed by atoms with Crippen molar-refractivity contribution in [1.29, 1.82) is 0 Å². The Morgan fingerprint density at radius 3 is 2.43 bits per heavy atom. The van der Waals surface area contributed by atoms with Gasteiger partial charge >= 0.3 is 6.36 Å². The van der Waals surface area contributed by atoms with Gasteiger partial charge in [0.15, 0.2) is 0 Å². The Kier molecular flexibility index (Phi) is 4.53. The van der Waals surface area contributed by atoms with Gasteiger partial charge in [-0.3, -0.25) is 0 Å². The third-order valence-electron chi connectivity index (χ3n) is 2.95. The highest BCUT2D eigenvalue weighted by Crippen LogP contribution is 2.36. The van der Waals surface area contributed by atoms with Gasteiger partial charge in [0.25, 0.3) is 0 Å². The lowest BCUT2D eigenvalue weighted by atomic mass is 10.0. The van der Waals surface area contributed by atoms with Gasteiger partial charge in [0.05, 0.1) is 16.7 Å². The fourth-order valence-electron chi connectivity index (χ4n) is 2.18. The average Bonchev–Trinajstić information content (AvgIpc) is 2.70. The molecule has 0 saturated carbocycles. The molecule has 0 amide bonds. The molecule has 0 aliphatic rings. The van der Waals surface area contributed by atoms with Crippen molar-refractivity contribution in [3.05, 3.63) is 45.4 Å². The highest BCUT2D eigenvalue weighted by atomic mass is 32.1. The quantitative estimate of drug-likeness (QED) is 0.927. The first-order valence-corrected chi connectivity index (χ1v) is 7.09. The van der Waals surface area contributed by atoms with E-state index in [4.69, 9.17) is 0 Å². The summed E-state index contributed by atoms with van der Waals surface area (Å²) in [5.74, 6) is -0.199. The lowest BCUT2D eigenvalue weighted by molar-refractivity contribution is -0.275. The summed E-state index contributed by atoms with van der Waals surface area (Å²) in [6.07, 6.45) is -4.72. The maximum absolute atomic E-state index is 12.5. The fraction of sp³-hybridized carbons (Fsp3) is 0.357. The summed E-state index contributed by atoms with van der Waals surface area (Å²) in [5.41, 5.74) is 1.24. The van der Waals surface area contributed by atoms with Crippen molar-refractivity contribution in [2.45, 2.75) is 26.3 Å². The highest BCUT2D eigenvalue weighted by Gasteiger charge is 2.33. The minimum Gasteiger partial charge on any atom is -0.405 e. The number of halogens is 3. The van der Waals surface area contributed by atoms with Crippen molar-refractivity contribution in [2.75, 3.05) is 7.05 Å². The third-order valence-corrected chi connectivity index (χ3v) is 4.08. The van der Waals surface area contributed by atoms with E-state index in [0.717, 1.165) is 15.6 Å². The van der Waals surface area contributed by atoms with E-state index in [9.17, 15) is 13.2 Å². The topological polar surface area (TPSA) is 34.1 Å². The molecule has 0 aliphatic heterocycles. The number of thiazole rings is 1. The molecular formula is C14H15F3N2OS. The monoisotopic (exact) mass is 316 g/mol. The molecule has 1 heterocycles. The average molecular weight is 316 g/mol. The predicted molar refractivity (Wildman–Crippen MR) is 75.6 cm³/mol. The van der Waals surface area contributed by atoms with Gasteiger partial charge in [-0.15, -0.1) is 24.5 Å². The van der Waals surface area contributed by atoms with Crippen molar-refractivity contribution >= 4 is 11.3 Å². The second-order valence-electron chi connectivity index (χ2n) is 4.49. The molecule has 0 saturated heterocycles. The van der Waals surface area contributed by atoms with Crippen LogP contribution in [0.2, 0.25) is 0 Å². The number of aromatic nitrogens is 1. The smallest absolute Gasteiger partial charge is 0.405 e. The summed E-state index contributed by atoms with van der Waals surface area (Å²) < 4.78 is 41.7. The molecule has 1 atom stereocenters. The first kappa shape index (κ1) is 15.8. The molecule has 21 heavy (non-hydrogen) atoms. The van der Waals surface area contributed by atoms with E-state index in [2.05, 4.69) is 15.0 Å². The molecule has 3 nitrogen and oxygen atoms in total. The van der Waals surface area contributed by atoms with Crippen molar-refractivity contribution in [2.24, 2.45) is 0 Å². The third kappa shape index (κ3) is 3.74. The van der Waals surface area contributed by atoms with Crippen molar-refractivity contribution in [1.82, 2.24) is 10.3 Å². The highest BCUT2D eigenvalue weighted by molar-refractivity contribution is 7.11. The number of para-hydroxylation sites is 1. The van der Waals surface area contributed by atoms with Crippen molar-refractivity contribution in [3.8, 4) is 5.75 Å². The predicted octanol–water partition coefficient (Wildman–Crippen LogP) is 3.97. The van der Waals surface area contributed by atoms with Gasteiger partial charge in [0, 0.05) is 10.4 Å². The molecule has 2 aromatic rings. The maximum Gasteiger partial charge on any atom is 0.573 e. The van der Waals surface area contributed by atoms with E-state index >= 15 is 0 Å². The van der Waals surface area contributed by atoms with Gasteiger partial charge in [-0.25, -0.2) is 4.98 Å². The Morgan fingerprint density at radius 1 is 1.24 bits per heavy atom. The summed E-state index contributed by atoms with van der Waals surface area (Å²) in [6, 6.07) is 5.75. The van der Waals surface area contributed by atoms with Crippen LogP contribution >= 0.6 is 11.3 Å². The number of benzene rings is 1. The van der Waals surface area contributed by atoms with E-state index in [1.54, 1.807) is 19.2 Å². The minimum atomic E-state index is -4.72. The Labute approximate surface area is 124 Å². The summed E-state index contributed by atoms with van der Waals surface area (Å²) in [7, 11) is 1.70. The van der Waals surface area contributed by atoms with E-state index in [1.807, 2.05) is 13.8 Å². The van der Waals surface area contributed by atoms with E-state index in [0.29, 0.717) is 5.56 Å². The number of aryl methyl sites for hydroxylation is 2. The molecule has 0 bridgehead atoms. The SMILES string of the molecule is CNC(c1ccccc1OC(F)(F)F)c1sc(C)nc1C. The van der Waals surface area contributed by atoms with Crippen LogP contribution in [0.4, 0.5) is 13.2 Å². The van der Waals surface area contributed by atoms with Crippen LogP contribution in [0.15, 0.2) is 24.3 Å². The summed E-state index contributed by atoms with van der Waals surface area (Å²) >= 11 is 1.46. The minimum absolute atomic E-state index is 0.199. The molecule has 1 N–H and O–H groups in total. The van der Waals surface area contributed by atoms with Crippen molar-refractivity contribution < 1.29 is 17.9 Å². The van der Waals surface area contributed by atoms with Gasteiger partial charge in [0.1, 0.15) is 5.75 Å². The standard InChI is InChI=1S/C14H15F3N2OS/c1-8-13(21-9(2)19-8)12(18-3)10-6-4-5-7-11(10)20-14(15,16)17/h4-7,12,18H,1-3H3. The molecule has 1 aromatic heterocycles. The molecule has 0 fully saturated rings. The number of nitrogens with one attached hydrogen (secondary N) is 1. The number of hydrogen-bond donors (Lipinski definition) is 1. The van der Waals surface area contributed by atoms with E-state index in [-0.39, 0.29) is 5.75 Å². The molecule has 0 spiro atoms. The fourth-order valence-corrected chi connectivity index (χ4v) is 3.24. The van der Waals surface area contributed by atoms with Crippen LogP contribution in [-0.2, 0) is 0 Å². The second-order valence-corrected chi connectivity index (χ2v) is 5.72. The Hall–Kier alpha value is -1.60. The number of rotatable bonds is 4. The number of ether oxygens (including phenoxy) is 1. The normalized spacial score (nSPS) is 13.2. The molecule has 1 aromatic carbocycles. The molecule has 0 radical (unpaired) electrons. The first-order chi connectivity index (χ1) is 9.81. The zero-order chi connectivity index (χ0) is 15.6. The summed E-state index contributed by atoms with van der Waals surface area (Å²) in [6.45, 7) is 3.71. The maximum atomic E-state index is 12.5. The van der Waals surface area contributed by atoms with Gasteiger partial charge in [-0.2, -0.15) is 0 Å². The van der Waals surface area contributed by atoms with Crippen LogP contribution < -0.4 is 10.1 Å². The van der Waals surface area contributed by atoms with Gasteiger partial charge in [0.2, 0.25) is 0 Å². The molecule has 1 unspecified atom stereocenters. The number of hydrogen-bond acceptors (Lipinski definition) is 4. The Morgan fingerprint density at radius 2 is 1.90 bits per heavy atom. The van der Waals surface area contributed by atoms with Crippen LogP contribution in [0.1, 0.15) is 27.2 Å². The van der Waals surface area contributed by atoms with Crippen LogP contribution in [0, 0.1) is 13.8 Å². The zero-order valence-corrected chi connectivity index (χ0v) is 12.6. The van der Waals surface area contributed by atoms with Crippen LogP contribution in [0.3, 0.4) is 0 Å². The number of alkyl halides is 3. The van der Waals surface area contributed by atoms with E-state index in [1.165, 1.54) is 23.5 Å². The van der Waals surface area contributed by atoms with Crippen LogP contribution in [-0.4, -0.2) is 18.4 Å². The first-order valence-electron chi connectivity index (χ1n) is 6.27. The molecule has 0 aliphatic carbocycles. The van der Waals surface area contributed by atoms with Crippen molar-refractivity contribution in [3.63, 3.8) is 0 Å². The summed E-state index contributed by atoms with van der Waals surface area (Å²) in [4.78, 5) is 5.21. The Bertz CT molecular complexity index is 625. The molecular weight excluding hydrogens is 301 g/mol. The number of nitrogens with zero attached hydrogens (tertiary/aromatic N) is 1. The zero-order valence-electron chi connectivity index (χ0n) is 11.8. The second kappa shape index (κ2) is 6.03. The lowest BCUT2D eigenvalue weighted by Crippen LogP contribution is -2.22. The largest absolute Gasteiger partial charge is 0.573 e. The Balaban J connectivity index is 2.46. The summed E-state index contributed by atoms with van der Waals surface area (Å²) in [5, 5.41) is 3.91. The molecule has 7 heteroatoms. The molecule has 114 valence electrons. The van der Waals surface area contributed by atoms with Crippen LogP contribution in [0.5, 0.6) is 5.75 Å². The van der Waals surface area contributed by atoms with Gasteiger partial charge in [-0.05, 0) is 27.0 Å². The van der Waals surface area contributed by atoms with E-state index < -0.39 is 12.4 Å². The van der Waals surface area contributed by atoms with Crippen LogP contribution in [0.25, 0.3) is 0 Å². The lowest BCUT2D eigenvalue weighted by Gasteiger charge is -2.20. The van der Waals surface area contributed by atoms with Gasteiger partial charge in [-0.1, -0.05) is 18.2 Å². The van der Waals surface area contributed by atoms with Gasteiger partial charge < -0.3 is 10.1 Å². The molecule has 2 rings (SSSR count).